The standard InChI is InChI=1S/C16H19N3O2S2/c1-11-9-14(19-18-11)17-15(20)10-21-13-5-3-12(4-6-13)16-22-7-2-8-23-16/h3-6,9,16H,2,7-8,10H2,1H3,(H2,17,18,19,20). The van der Waals surface area contributed by atoms with Gasteiger partial charge in [0, 0.05) is 11.8 Å². The summed E-state index contributed by atoms with van der Waals surface area (Å²) in [5, 5.41) is 9.42. The van der Waals surface area contributed by atoms with Crippen LogP contribution in [0.15, 0.2) is 30.3 Å². The number of nitrogens with zero attached hydrogens (tertiary/aromatic N) is 1. The van der Waals surface area contributed by atoms with E-state index in [9.17, 15) is 4.79 Å². The summed E-state index contributed by atoms with van der Waals surface area (Å²) in [6.07, 6.45) is 1.29. The average Bonchev–Trinajstić information content (AvgIpc) is 2.99. The molecule has 1 amide bonds. The van der Waals surface area contributed by atoms with Gasteiger partial charge in [0.15, 0.2) is 12.4 Å². The van der Waals surface area contributed by atoms with Gasteiger partial charge in [0.2, 0.25) is 0 Å². The molecule has 0 aliphatic carbocycles. The molecule has 1 saturated heterocycles. The Labute approximate surface area is 144 Å². The Kier molecular flexibility index (Phi) is 5.51. The number of H-pyrrole nitrogens is 1. The maximum atomic E-state index is 11.8. The van der Waals surface area contributed by atoms with E-state index in [0.717, 1.165) is 5.69 Å². The van der Waals surface area contributed by atoms with Gasteiger partial charge in [-0.3, -0.25) is 9.89 Å². The molecule has 2 N–H and O–H groups in total. The van der Waals surface area contributed by atoms with Crippen LogP contribution in [0.4, 0.5) is 5.82 Å². The number of hydrogen-bond acceptors (Lipinski definition) is 5. The van der Waals surface area contributed by atoms with E-state index < -0.39 is 0 Å². The van der Waals surface area contributed by atoms with Gasteiger partial charge in [-0.15, -0.1) is 23.5 Å². The molecule has 0 saturated carbocycles. The highest BCUT2D eigenvalue weighted by molar-refractivity contribution is 8.16. The van der Waals surface area contributed by atoms with E-state index >= 15 is 0 Å². The van der Waals surface area contributed by atoms with Gasteiger partial charge in [-0.25, -0.2) is 0 Å². The van der Waals surface area contributed by atoms with Crippen molar-refractivity contribution in [2.75, 3.05) is 23.4 Å². The highest BCUT2D eigenvalue weighted by Gasteiger charge is 2.16. The summed E-state index contributed by atoms with van der Waals surface area (Å²) in [7, 11) is 0. The summed E-state index contributed by atoms with van der Waals surface area (Å²) in [6, 6.07) is 9.79. The number of anilines is 1. The zero-order chi connectivity index (χ0) is 16.1. The molecule has 0 radical (unpaired) electrons. The van der Waals surface area contributed by atoms with Crippen LogP contribution in [-0.2, 0) is 4.79 Å². The number of hydrogen-bond donors (Lipinski definition) is 2. The number of rotatable bonds is 5. The minimum atomic E-state index is -0.223. The van der Waals surface area contributed by atoms with Crippen molar-refractivity contribution in [2.45, 2.75) is 17.9 Å². The second-order valence-electron chi connectivity index (χ2n) is 5.27. The predicted octanol–water partition coefficient (Wildman–Crippen LogP) is 3.60. The number of aromatic nitrogens is 2. The second-order valence-corrected chi connectivity index (χ2v) is 7.99. The van der Waals surface area contributed by atoms with E-state index in [1.54, 1.807) is 6.07 Å². The summed E-state index contributed by atoms with van der Waals surface area (Å²) in [5.41, 5.74) is 2.21. The monoisotopic (exact) mass is 349 g/mol. The van der Waals surface area contributed by atoms with Crippen molar-refractivity contribution in [3.05, 3.63) is 41.6 Å². The molecular weight excluding hydrogens is 330 g/mol. The molecule has 1 fully saturated rings. The zero-order valence-corrected chi connectivity index (χ0v) is 14.5. The third-order valence-electron chi connectivity index (χ3n) is 3.32. The number of aryl methyl sites for hydroxylation is 1. The van der Waals surface area contributed by atoms with Crippen LogP contribution in [0.2, 0.25) is 0 Å². The first-order valence-corrected chi connectivity index (χ1v) is 9.58. The predicted molar refractivity (Wildman–Crippen MR) is 96.2 cm³/mol. The molecular formula is C16H19N3O2S2. The lowest BCUT2D eigenvalue weighted by atomic mass is 10.2. The van der Waals surface area contributed by atoms with Crippen LogP contribution in [0, 0.1) is 6.92 Å². The van der Waals surface area contributed by atoms with Gasteiger partial charge in [-0.2, -0.15) is 5.10 Å². The first kappa shape index (κ1) is 16.3. The minimum Gasteiger partial charge on any atom is -0.484 e. The van der Waals surface area contributed by atoms with Crippen LogP contribution in [0.3, 0.4) is 0 Å². The summed E-state index contributed by atoms with van der Waals surface area (Å²) in [5.74, 6) is 3.44. The lowest BCUT2D eigenvalue weighted by Gasteiger charge is -2.21. The van der Waals surface area contributed by atoms with E-state index in [1.165, 1.54) is 23.5 Å². The molecule has 0 unspecified atom stereocenters. The number of nitrogens with one attached hydrogen (secondary N) is 2. The van der Waals surface area contributed by atoms with Crippen LogP contribution < -0.4 is 10.1 Å². The van der Waals surface area contributed by atoms with Gasteiger partial charge in [0.25, 0.3) is 5.91 Å². The SMILES string of the molecule is Cc1cc(NC(=O)COc2ccc(C3SCCCS3)cc2)n[nH]1. The number of thioether (sulfide) groups is 2. The first-order valence-electron chi connectivity index (χ1n) is 7.48. The molecule has 2 aromatic rings. The first-order chi connectivity index (χ1) is 11.2. The molecule has 2 heterocycles. The van der Waals surface area contributed by atoms with Crippen LogP contribution in [0.1, 0.15) is 22.3 Å². The molecule has 1 aromatic heterocycles. The fourth-order valence-electron chi connectivity index (χ4n) is 2.21. The van der Waals surface area contributed by atoms with Crippen molar-refractivity contribution in [1.82, 2.24) is 10.2 Å². The molecule has 122 valence electrons. The van der Waals surface area contributed by atoms with Crippen LogP contribution in [-0.4, -0.2) is 34.2 Å². The molecule has 23 heavy (non-hydrogen) atoms. The third-order valence-corrected chi connectivity index (χ3v) is 6.34. The minimum absolute atomic E-state index is 0.0296. The number of amides is 1. The number of ether oxygens (including phenoxy) is 1. The molecule has 1 aliphatic rings. The Hall–Kier alpha value is -1.60. The number of carbonyl (C=O) groups excluding carboxylic acids is 1. The maximum Gasteiger partial charge on any atom is 0.263 e. The lowest BCUT2D eigenvalue weighted by molar-refractivity contribution is -0.118. The van der Waals surface area contributed by atoms with Crippen molar-refractivity contribution in [2.24, 2.45) is 0 Å². The largest absolute Gasteiger partial charge is 0.484 e. The molecule has 0 bridgehead atoms. The highest BCUT2D eigenvalue weighted by Crippen LogP contribution is 2.43. The Morgan fingerprint density at radius 2 is 2.09 bits per heavy atom. The number of aromatic amines is 1. The fourth-order valence-corrected chi connectivity index (χ4v) is 5.11. The van der Waals surface area contributed by atoms with E-state index in [1.807, 2.05) is 42.6 Å². The molecule has 1 aliphatic heterocycles. The Morgan fingerprint density at radius 3 is 2.74 bits per heavy atom. The van der Waals surface area contributed by atoms with Crippen LogP contribution >= 0.6 is 23.5 Å². The average molecular weight is 349 g/mol. The lowest BCUT2D eigenvalue weighted by Crippen LogP contribution is -2.20. The van der Waals surface area contributed by atoms with Crippen LogP contribution in [0.25, 0.3) is 0 Å². The zero-order valence-electron chi connectivity index (χ0n) is 12.9. The van der Waals surface area contributed by atoms with E-state index in [2.05, 4.69) is 27.6 Å². The van der Waals surface area contributed by atoms with Gasteiger partial charge >= 0.3 is 0 Å². The highest BCUT2D eigenvalue weighted by atomic mass is 32.2. The normalized spacial score (nSPS) is 15.3. The van der Waals surface area contributed by atoms with Crippen molar-refractivity contribution in [1.29, 1.82) is 0 Å². The van der Waals surface area contributed by atoms with Gasteiger partial charge in [0.1, 0.15) is 5.75 Å². The van der Waals surface area contributed by atoms with Crippen LogP contribution in [0.5, 0.6) is 5.75 Å². The summed E-state index contributed by atoms with van der Waals surface area (Å²) in [4.78, 5) is 11.8. The quantitative estimate of drug-likeness (QED) is 0.863. The molecule has 0 spiro atoms. The molecule has 5 nitrogen and oxygen atoms in total. The molecule has 1 aromatic carbocycles. The number of benzene rings is 1. The van der Waals surface area contributed by atoms with E-state index in [0.29, 0.717) is 16.1 Å². The van der Waals surface area contributed by atoms with Gasteiger partial charge < -0.3 is 10.1 Å². The third kappa shape index (κ3) is 4.68. The molecule has 7 heteroatoms. The van der Waals surface area contributed by atoms with E-state index in [4.69, 9.17) is 4.74 Å². The van der Waals surface area contributed by atoms with Crippen molar-refractivity contribution < 1.29 is 9.53 Å². The fraction of sp³-hybridized carbons (Fsp3) is 0.375. The van der Waals surface area contributed by atoms with Gasteiger partial charge in [0.05, 0.1) is 4.58 Å². The Bertz CT molecular complexity index is 652. The maximum absolute atomic E-state index is 11.8. The summed E-state index contributed by atoms with van der Waals surface area (Å²) in [6.45, 7) is 1.85. The van der Waals surface area contributed by atoms with E-state index in [-0.39, 0.29) is 12.5 Å². The van der Waals surface area contributed by atoms with Gasteiger partial charge in [-0.05, 0) is 42.5 Å². The molecule has 0 atom stereocenters. The number of carbonyl (C=O) groups is 1. The topological polar surface area (TPSA) is 67.0 Å². The summed E-state index contributed by atoms with van der Waals surface area (Å²) < 4.78 is 6.04. The van der Waals surface area contributed by atoms with Crippen molar-refractivity contribution in [3.8, 4) is 5.75 Å². The van der Waals surface area contributed by atoms with Gasteiger partial charge in [-0.1, -0.05) is 12.1 Å². The second kappa shape index (κ2) is 7.79. The Morgan fingerprint density at radius 1 is 1.35 bits per heavy atom. The molecule has 3 rings (SSSR count). The van der Waals surface area contributed by atoms with Crippen molar-refractivity contribution >= 4 is 35.2 Å². The Balaban J connectivity index is 1.49. The van der Waals surface area contributed by atoms with Crippen molar-refractivity contribution in [3.63, 3.8) is 0 Å². The smallest absolute Gasteiger partial charge is 0.263 e. The summed E-state index contributed by atoms with van der Waals surface area (Å²) >= 11 is 3.98.